The Hall–Kier alpha value is -1.92. The number of carbonyl (C=O) groups excluding carboxylic acids is 1. The van der Waals surface area contributed by atoms with Crippen LogP contribution in [-0.2, 0) is 4.74 Å². The Morgan fingerprint density at radius 2 is 2.33 bits per heavy atom. The van der Waals surface area contributed by atoms with Crippen LogP contribution < -0.4 is 5.32 Å². The second kappa shape index (κ2) is 7.32. The topological polar surface area (TPSA) is 70.2 Å². The second-order valence-electron chi connectivity index (χ2n) is 6.98. The van der Waals surface area contributed by atoms with Crippen molar-refractivity contribution in [2.24, 2.45) is 5.92 Å². The fourth-order valence-corrected chi connectivity index (χ4v) is 3.18. The minimum Gasteiger partial charge on any atom is -0.374 e. The van der Waals surface area contributed by atoms with Crippen LogP contribution in [0.5, 0.6) is 0 Å². The van der Waals surface area contributed by atoms with Crippen molar-refractivity contribution in [3.8, 4) is 0 Å². The lowest BCUT2D eigenvalue weighted by Crippen LogP contribution is -2.48. The van der Waals surface area contributed by atoms with E-state index in [1.807, 2.05) is 25.1 Å². The zero-order chi connectivity index (χ0) is 17.1. The van der Waals surface area contributed by atoms with Gasteiger partial charge in [-0.1, -0.05) is 25.5 Å². The predicted molar refractivity (Wildman–Crippen MR) is 94.2 cm³/mol. The molecule has 0 aliphatic carbocycles. The van der Waals surface area contributed by atoms with E-state index in [4.69, 9.17) is 4.74 Å². The molecule has 1 aromatic heterocycles. The first-order chi connectivity index (χ1) is 11.5. The number of carbonyl (C=O) groups is 1. The molecule has 6 nitrogen and oxygen atoms in total. The number of ether oxygens (including phenoxy) is 1. The van der Waals surface area contributed by atoms with Crippen LogP contribution in [0, 0.1) is 12.8 Å². The normalized spacial score (nSPS) is 19.1. The molecule has 6 heteroatoms. The van der Waals surface area contributed by atoms with Gasteiger partial charge in [-0.15, -0.1) is 0 Å². The van der Waals surface area contributed by atoms with Gasteiger partial charge >= 0.3 is 0 Å². The van der Waals surface area contributed by atoms with Crippen molar-refractivity contribution < 1.29 is 9.53 Å². The van der Waals surface area contributed by atoms with Crippen molar-refractivity contribution >= 4 is 16.8 Å². The lowest BCUT2D eigenvalue weighted by molar-refractivity contribution is -0.0295. The molecule has 2 heterocycles. The third-order valence-electron chi connectivity index (χ3n) is 4.27. The number of aromatic amines is 1. The molecule has 2 N–H and O–H groups in total. The molecule has 1 saturated heterocycles. The molecule has 1 amide bonds. The number of hydrogen-bond donors (Lipinski definition) is 2. The zero-order valence-electron chi connectivity index (χ0n) is 14.6. The molecule has 24 heavy (non-hydrogen) atoms. The summed E-state index contributed by atoms with van der Waals surface area (Å²) in [4.78, 5) is 14.9. The van der Waals surface area contributed by atoms with Crippen LogP contribution in [0.15, 0.2) is 18.2 Å². The first-order valence-electron chi connectivity index (χ1n) is 8.60. The van der Waals surface area contributed by atoms with Crippen LogP contribution in [0.3, 0.4) is 0 Å². The summed E-state index contributed by atoms with van der Waals surface area (Å²) in [5.74, 6) is 0.480. The molecule has 1 aromatic carbocycles. The van der Waals surface area contributed by atoms with Crippen LogP contribution in [0.1, 0.15) is 29.9 Å². The van der Waals surface area contributed by atoms with Crippen molar-refractivity contribution in [1.29, 1.82) is 0 Å². The first kappa shape index (κ1) is 16.9. The van der Waals surface area contributed by atoms with Crippen molar-refractivity contribution in [2.45, 2.75) is 26.9 Å². The highest BCUT2D eigenvalue weighted by Gasteiger charge is 2.22. The number of rotatable bonds is 5. The summed E-state index contributed by atoms with van der Waals surface area (Å²) in [6.45, 7) is 10.6. The van der Waals surface area contributed by atoms with E-state index in [0.29, 0.717) is 18.2 Å². The number of aromatic nitrogens is 2. The number of amides is 1. The lowest BCUT2D eigenvalue weighted by atomic mass is 10.1. The first-order valence-corrected chi connectivity index (χ1v) is 8.60. The highest BCUT2D eigenvalue weighted by molar-refractivity contribution is 6.04. The van der Waals surface area contributed by atoms with Gasteiger partial charge in [0, 0.05) is 31.6 Å². The number of hydrogen-bond acceptors (Lipinski definition) is 4. The Kier molecular flexibility index (Phi) is 5.16. The maximum absolute atomic E-state index is 12.5. The van der Waals surface area contributed by atoms with Gasteiger partial charge in [0.1, 0.15) is 0 Å². The van der Waals surface area contributed by atoms with Gasteiger partial charge in [-0.05, 0) is 25.0 Å². The zero-order valence-corrected chi connectivity index (χ0v) is 14.6. The van der Waals surface area contributed by atoms with Crippen LogP contribution in [-0.4, -0.2) is 59.9 Å². The molecule has 3 rings (SSSR count). The Labute approximate surface area is 142 Å². The van der Waals surface area contributed by atoms with E-state index in [-0.39, 0.29) is 12.0 Å². The van der Waals surface area contributed by atoms with Gasteiger partial charge in [0.15, 0.2) is 5.69 Å². The number of aryl methyl sites for hydroxylation is 1. The maximum atomic E-state index is 12.5. The molecule has 1 fully saturated rings. The molecule has 0 spiro atoms. The molecule has 0 saturated carbocycles. The summed E-state index contributed by atoms with van der Waals surface area (Å²) in [6, 6.07) is 5.93. The van der Waals surface area contributed by atoms with E-state index in [2.05, 4.69) is 34.3 Å². The van der Waals surface area contributed by atoms with Crippen molar-refractivity contribution in [3.05, 3.63) is 29.5 Å². The third kappa shape index (κ3) is 3.94. The summed E-state index contributed by atoms with van der Waals surface area (Å²) < 4.78 is 5.78. The molecule has 1 aliphatic heterocycles. The minimum absolute atomic E-state index is 0.0355. The van der Waals surface area contributed by atoms with E-state index in [1.165, 1.54) is 0 Å². The van der Waals surface area contributed by atoms with Gasteiger partial charge in [-0.2, -0.15) is 5.10 Å². The molecule has 1 unspecified atom stereocenters. The van der Waals surface area contributed by atoms with E-state index >= 15 is 0 Å². The summed E-state index contributed by atoms with van der Waals surface area (Å²) in [5, 5.41) is 10.9. The van der Waals surface area contributed by atoms with Crippen LogP contribution >= 0.6 is 0 Å². The summed E-state index contributed by atoms with van der Waals surface area (Å²) in [7, 11) is 0. The number of nitrogens with zero attached hydrogens (tertiary/aromatic N) is 2. The second-order valence-corrected chi connectivity index (χ2v) is 6.98. The standard InChI is InChI=1S/C18H26N4O2/c1-12(2)10-22-6-7-24-14(11-22)9-19-18(23)17-15-8-13(3)4-5-16(15)20-21-17/h4-5,8,12,14H,6-7,9-11H2,1-3H3,(H,19,23)(H,20,21). The molecular weight excluding hydrogens is 304 g/mol. The molecule has 0 bridgehead atoms. The van der Waals surface area contributed by atoms with Gasteiger partial charge in [-0.25, -0.2) is 0 Å². The third-order valence-corrected chi connectivity index (χ3v) is 4.27. The smallest absolute Gasteiger partial charge is 0.272 e. The average molecular weight is 330 g/mol. The Bertz CT molecular complexity index is 710. The quantitative estimate of drug-likeness (QED) is 0.879. The average Bonchev–Trinajstić information content (AvgIpc) is 2.95. The Balaban J connectivity index is 1.59. The monoisotopic (exact) mass is 330 g/mol. The minimum atomic E-state index is -0.156. The van der Waals surface area contributed by atoms with Gasteiger partial charge in [-0.3, -0.25) is 14.8 Å². The Morgan fingerprint density at radius 3 is 3.12 bits per heavy atom. The molecule has 130 valence electrons. The van der Waals surface area contributed by atoms with Gasteiger partial charge in [0.25, 0.3) is 5.91 Å². The molecular formula is C18H26N4O2. The highest BCUT2D eigenvalue weighted by Crippen LogP contribution is 2.17. The van der Waals surface area contributed by atoms with Crippen LogP contribution in [0.4, 0.5) is 0 Å². The lowest BCUT2D eigenvalue weighted by Gasteiger charge is -2.33. The number of nitrogens with one attached hydrogen (secondary N) is 2. The van der Waals surface area contributed by atoms with Gasteiger partial charge < -0.3 is 10.1 Å². The van der Waals surface area contributed by atoms with E-state index in [0.717, 1.165) is 42.7 Å². The maximum Gasteiger partial charge on any atom is 0.272 e. The fourth-order valence-electron chi connectivity index (χ4n) is 3.18. The Morgan fingerprint density at radius 1 is 1.50 bits per heavy atom. The predicted octanol–water partition coefficient (Wildman–Crippen LogP) is 1.96. The number of fused-ring (bicyclic) bond motifs is 1. The molecule has 1 aliphatic rings. The molecule has 1 atom stereocenters. The number of morpholine rings is 1. The van der Waals surface area contributed by atoms with Crippen LogP contribution in [0.25, 0.3) is 10.9 Å². The van der Waals surface area contributed by atoms with Crippen molar-refractivity contribution in [3.63, 3.8) is 0 Å². The van der Waals surface area contributed by atoms with Gasteiger partial charge in [0.2, 0.25) is 0 Å². The van der Waals surface area contributed by atoms with Gasteiger partial charge in [0.05, 0.1) is 18.2 Å². The number of H-pyrrole nitrogens is 1. The largest absolute Gasteiger partial charge is 0.374 e. The summed E-state index contributed by atoms with van der Waals surface area (Å²) >= 11 is 0. The fraction of sp³-hybridized carbons (Fsp3) is 0.556. The highest BCUT2D eigenvalue weighted by atomic mass is 16.5. The SMILES string of the molecule is Cc1ccc2[nH]nc(C(=O)NCC3CN(CC(C)C)CCO3)c2c1. The van der Waals surface area contributed by atoms with Crippen molar-refractivity contribution in [2.75, 3.05) is 32.8 Å². The molecule has 2 aromatic rings. The van der Waals surface area contributed by atoms with E-state index < -0.39 is 0 Å². The van der Waals surface area contributed by atoms with E-state index in [1.54, 1.807) is 0 Å². The summed E-state index contributed by atoms with van der Waals surface area (Å²) in [5.41, 5.74) is 2.43. The van der Waals surface area contributed by atoms with Crippen LogP contribution in [0.2, 0.25) is 0 Å². The van der Waals surface area contributed by atoms with E-state index in [9.17, 15) is 4.79 Å². The van der Waals surface area contributed by atoms with Crippen molar-refractivity contribution in [1.82, 2.24) is 20.4 Å². The molecule has 0 radical (unpaired) electrons. The summed E-state index contributed by atoms with van der Waals surface area (Å²) in [6.07, 6.45) is 0.0355. The number of benzene rings is 1.